The van der Waals surface area contributed by atoms with E-state index in [0.29, 0.717) is 17.4 Å². The second-order valence-electron chi connectivity index (χ2n) is 9.03. The summed E-state index contributed by atoms with van der Waals surface area (Å²) in [7, 11) is 3.59. The van der Waals surface area contributed by atoms with E-state index >= 15 is 0 Å². The molecule has 4 rings (SSSR count). The molecule has 1 saturated heterocycles. The number of aromatic nitrogens is 1. The van der Waals surface area contributed by atoms with Gasteiger partial charge in [-0.3, -0.25) is 14.7 Å². The Hall–Kier alpha value is -3.38. The summed E-state index contributed by atoms with van der Waals surface area (Å²) in [6.45, 7) is 2.83. The molecule has 178 valence electrons. The number of likely N-dealkylation sites (N-methyl/N-ethyl adjacent to an activating group) is 1. The Balaban J connectivity index is 1.48. The molecule has 2 aromatic carbocycles. The summed E-state index contributed by atoms with van der Waals surface area (Å²) in [4.78, 5) is 21.9. The zero-order chi connectivity index (χ0) is 23.9. The topological polar surface area (TPSA) is 65.9 Å². The van der Waals surface area contributed by atoms with E-state index < -0.39 is 0 Å². The van der Waals surface area contributed by atoms with Gasteiger partial charge in [0.2, 0.25) is 0 Å². The van der Waals surface area contributed by atoms with Crippen molar-refractivity contribution < 1.29 is 14.6 Å². The zero-order valence-electron chi connectivity index (χ0n) is 19.9. The van der Waals surface area contributed by atoms with E-state index in [4.69, 9.17) is 4.74 Å². The van der Waals surface area contributed by atoms with Gasteiger partial charge in [0.25, 0.3) is 5.91 Å². The third-order valence-corrected chi connectivity index (χ3v) is 6.80. The number of pyridine rings is 1. The first-order valence-electron chi connectivity index (χ1n) is 11.8. The van der Waals surface area contributed by atoms with E-state index in [1.54, 1.807) is 31.5 Å². The van der Waals surface area contributed by atoms with Gasteiger partial charge in [0.15, 0.2) is 0 Å². The number of ether oxygens (including phenoxy) is 1. The highest BCUT2D eigenvalue weighted by Crippen LogP contribution is 2.29. The van der Waals surface area contributed by atoms with Gasteiger partial charge >= 0.3 is 0 Å². The number of hydrogen-bond acceptors (Lipinski definition) is 5. The molecule has 6 nitrogen and oxygen atoms in total. The van der Waals surface area contributed by atoms with Gasteiger partial charge in [-0.25, -0.2) is 0 Å². The zero-order valence-corrected chi connectivity index (χ0v) is 19.9. The highest BCUT2D eigenvalue weighted by molar-refractivity contribution is 5.92. The number of phenols is 1. The summed E-state index contributed by atoms with van der Waals surface area (Å²) in [5, 5.41) is 9.53. The van der Waals surface area contributed by atoms with Gasteiger partial charge in [0.05, 0.1) is 7.11 Å². The lowest BCUT2D eigenvalue weighted by Gasteiger charge is -2.40. The van der Waals surface area contributed by atoms with Crippen molar-refractivity contribution in [3.8, 4) is 11.5 Å². The highest BCUT2D eigenvalue weighted by Gasteiger charge is 2.32. The van der Waals surface area contributed by atoms with Crippen LogP contribution in [0.2, 0.25) is 0 Å². The molecule has 1 N–H and O–H groups in total. The third-order valence-electron chi connectivity index (χ3n) is 6.80. The molecule has 0 bridgehead atoms. The number of carbonyl (C=O) groups excluding carboxylic acids is 1. The summed E-state index contributed by atoms with van der Waals surface area (Å²) in [5.74, 6) is 1.47. The number of rotatable bonds is 8. The number of methoxy groups -OCH3 is 1. The standard InChI is InChI=1S/C28H33N3O3/c1-30(28(33)26-8-3-4-15-29-26)27(19-22-6-5-7-25(18-22)34-2)23-13-16-31(17-14-23)20-21-9-11-24(32)12-10-21/h3-12,15,18,23,27,32H,13-14,16-17,19-20H2,1-2H3/t27-/m1/s1. The molecule has 6 heteroatoms. The van der Waals surface area contributed by atoms with Crippen molar-refractivity contribution in [3.05, 3.63) is 89.7 Å². The molecule has 0 aliphatic carbocycles. The molecule has 1 fully saturated rings. The molecule has 34 heavy (non-hydrogen) atoms. The van der Waals surface area contributed by atoms with Crippen molar-refractivity contribution in [1.82, 2.24) is 14.8 Å². The highest BCUT2D eigenvalue weighted by atomic mass is 16.5. The van der Waals surface area contributed by atoms with Crippen LogP contribution in [-0.4, -0.2) is 59.1 Å². The SMILES string of the molecule is COc1cccc(C[C@H](C2CCN(Cc3ccc(O)cc3)CC2)N(C)C(=O)c2ccccn2)c1. The van der Waals surface area contributed by atoms with Crippen LogP contribution in [0, 0.1) is 5.92 Å². The summed E-state index contributed by atoms with van der Waals surface area (Å²) in [5.41, 5.74) is 2.84. The molecule has 0 radical (unpaired) electrons. The third kappa shape index (κ3) is 5.94. The number of likely N-dealkylation sites (tertiary alicyclic amines) is 1. The van der Waals surface area contributed by atoms with Crippen LogP contribution in [0.3, 0.4) is 0 Å². The number of carbonyl (C=O) groups is 1. The number of piperidine rings is 1. The number of nitrogens with zero attached hydrogens (tertiary/aromatic N) is 3. The molecule has 1 atom stereocenters. The van der Waals surface area contributed by atoms with Crippen molar-refractivity contribution in [2.45, 2.75) is 31.8 Å². The van der Waals surface area contributed by atoms with Crippen LogP contribution in [-0.2, 0) is 13.0 Å². The maximum absolute atomic E-state index is 13.3. The van der Waals surface area contributed by atoms with Crippen LogP contribution in [0.1, 0.15) is 34.5 Å². The second-order valence-corrected chi connectivity index (χ2v) is 9.03. The quantitative estimate of drug-likeness (QED) is 0.541. The Morgan fingerprint density at radius 1 is 1.09 bits per heavy atom. The largest absolute Gasteiger partial charge is 0.508 e. The Kier molecular flexibility index (Phi) is 7.80. The van der Waals surface area contributed by atoms with Crippen molar-refractivity contribution in [1.29, 1.82) is 0 Å². The van der Waals surface area contributed by atoms with E-state index in [0.717, 1.165) is 50.2 Å². The van der Waals surface area contributed by atoms with E-state index in [1.807, 2.05) is 48.3 Å². The Morgan fingerprint density at radius 3 is 2.53 bits per heavy atom. The predicted octanol–water partition coefficient (Wildman–Crippen LogP) is 4.39. The molecule has 1 aliphatic rings. The fourth-order valence-electron chi connectivity index (χ4n) is 4.84. The molecular formula is C28H33N3O3. The number of amides is 1. The number of phenolic OH excluding ortho intramolecular Hbond substituents is 1. The minimum absolute atomic E-state index is 0.0416. The average molecular weight is 460 g/mol. The maximum Gasteiger partial charge on any atom is 0.272 e. The molecule has 0 spiro atoms. The molecule has 1 aliphatic heterocycles. The summed E-state index contributed by atoms with van der Waals surface area (Å²) < 4.78 is 5.42. The van der Waals surface area contributed by atoms with Gasteiger partial charge in [0.1, 0.15) is 17.2 Å². The van der Waals surface area contributed by atoms with Crippen LogP contribution in [0.25, 0.3) is 0 Å². The lowest BCUT2D eigenvalue weighted by Crippen LogP contribution is -2.47. The first-order chi connectivity index (χ1) is 16.5. The monoisotopic (exact) mass is 459 g/mol. The van der Waals surface area contributed by atoms with E-state index in [-0.39, 0.29) is 11.9 Å². The number of aromatic hydroxyl groups is 1. The van der Waals surface area contributed by atoms with Crippen LogP contribution >= 0.6 is 0 Å². The average Bonchev–Trinajstić information content (AvgIpc) is 2.89. The van der Waals surface area contributed by atoms with Crippen LogP contribution in [0.5, 0.6) is 11.5 Å². The molecule has 2 heterocycles. The van der Waals surface area contributed by atoms with Crippen molar-refractivity contribution in [2.75, 3.05) is 27.2 Å². The van der Waals surface area contributed by atoms with Crippen molar-refractivity contribution >= 4 is 5.91 Å². The normalized spacial score (nSPS) is 15.6. The summed E-state index contributed by atoms with van der Waals surface area (Å²) in [6.07, 6.45) is 4.48. The molecule has 0 saturated carbocycles. The van der Waals surface area contributed by atoms with Crippen LogP contribution in [0.4, 0.5) is 0 Å². The molecule has 3 aromatic rings. The smallest absolute Gasteiger partial charge is 0.272 e. The van der Waals surface area contributed by atoms with Gasteiger partial charge in [-0.05, 0) is 85.8 Å². The fraction of sp³-hybridized carbons (Fsp3) is 0.357. The first-order valence-corrected chi connectivity index (χ1v) is 11.8. The van der Waals surface area contributed by atoms with Gasteiger partial charge in [-0.15, -0.1) is 0 Å². The molecule has 0 unspecified atom stereocenters. The minimum Gasteiger partial charge on any atom is -0.508 e. The maximum atomic E-state index is 13.3. The van der Waals surface area contributed by atoms with Gasteiger partial charge in [-0.2, -0.15) is 0 Å². The van der Waals surface area contributed by atoms with Crippen molar-refractivity contribution in [2.24, 2.45) is 5.92 Å². The molecular weight excluding hydrogens is 426 g/mol. The molecule has 1 amide bonds. The summed E-state index contributed by atoms with van der Waals surface area (Å²) in [6, 6.07) is 21.1. The fourth-order valence-corrected chi connectivity index (χ4v) is 4.84. The van der Waals surface area contributed by atoms with Crippen LogP contribution in [0.15, 0.2) is 72.9 Å². The predicted molar refractivity (Wildman–Crippen MR) is 133 cm³/mol. The van der Waals surface area contributed by atoms with Gasteiger partial charge in [0, 0.05) is 25.8 Å². The van der Waals surface area contributed by atoms with Crippen molar-refractivity contribution in [3.63, 3.8) is 0 Å². The minimum atomic E-state index is -0.0416. The van der Waals surface area contributed by atoms with Gasteiger partial charge in [-0.1, -0.05) is 30.3 Å². The number of hydrogen-bond donors (Lipinski definition) is 1. The van der Waals surface area contributed by atoms with Crippen LogP contribution < -0.4 is 4.74 Å². The second kappa shape index (κ2) is 11.2. The Morgan fingerprint density at radius 2 is 1.85 bits per heavy atom. The van der Waals surface area contributed by atoms with E-state index in [9.17, 15) is 9.90 Å². The first kappa shape index (κ1) is 23.8. The summed E-state index contributed by atoms with van der Waals surface area (Å²) >= 11 is 0. The van der Waals surface area contributed by atoms with E-state index in [2.05, 4.69) is 22.0 Å². The van der Waals surface area contributed by atoms with Gasteiger partial charge < -0.3 is 14.7 Å². The number of benzene rings is 2. The molecule has 1 aromatic heterocycles. The lowest BCUT2D eigenvalue weighted by molar-refractivity contribution is 0.0579. The Labute approximate surface area is 201 Å². The lowest BCUT2D eigenvalue weighted by atomic mass is 9.84. The Bertz CT molecular complexity index is 1060. The van der Waals surface area contributed by atoms with E-state index in [1.165, 1.54) is 5.56 Å².